The van der Waals surface area contributed by atoms with Gasteiger partial charge in [-0.05, 0) is 108 Å². The second-order valence-corrected chi connectivity index (χ2v) is 16.4. The van der Waals surface area contributed by atoms with Gasteiger partial charge in [0, 0.05) is 0 Å². The van der Waals surface area contributed by atoms with Crippen molar-refractivity contribution in [3.05, 3.63) is 144 Å². The maximum Gasteiger partial charge on any atom is -0.00674 e. The molecule has 0 fully saturated rings. The summed E-state index contributed by atoms with van der Waals surface area (Å²) in [7, 11) is -1.54. The van der Waals surface area contributed by atoms with Crippen LogP contribution in [-0.2, 0) is 12.8 Å². The van der Waals surface area contributed by atoms with Crippen molar-refractivity contribution in [3.63, 3.8) is 0 Å². The van der Waals surface area contributed by atoms with Gasteiger partial charge < -0.3 is 0 Å². The van der Waals surface area contributed by atoms with Crippen LogP contribution in [0.1, 0.15) is 49.9 Å². The third-order valence-corrected chi connectivity index (χ3v) is 13.5. The highest BCUT2D eigenvalue weighted by Gasteiger charge is 2.29. The van der Waals surface area contributed by atoms with Gasteiger partial charge in [-0.2, -0.15) is 0 Å². The fraction of sp³-hybridized carbons (Fsp3) is 0.250. The molecule has 0 aromatic heterocycles. The molecule has 0 saturated carbocycles. The van der Waals surface area contributed by atoms with Gasteiger partial charge in [-0.25, -0.2) is 0 Å². The quantitative estimate of drug-likeness (QED) is 0.145. The first-order valence-electron chi connectivity index (χ1n) is 15.3. The maximum absolute atomic E-state index is 2.44. The van der Waals surface area contributed by atoms with E-state index in [4.69, 9.17) is 0 Å². The molecule has 5 aromatic rings. The summed E-state index contributed by atoms with van der Waals surface area (Å²) in [5.41, 5.74) is 5.71. The van der Waals surface area contributed by atoms with Crippen LogP contribution in [0.5, 0.6) is 0 Å². The van der Waals surface area contributed by atoms with Gasteiger partial charge in [0.1, 0.15) is 0 Å². The number of hydrogen-bond donors (Lipinski definition) is 0. The van der Waals surface area contributed by atoms with Crippen LogP contribution in [0.4, 0.5) is 0 Å². The third kappa shape index (κ3) is 6.78. The average Bonchev–Trinajstić information content (AvgIpc) is 2.97. The molecule has 214 valence electrons. The van der Waals surface area contributed by atoms with Crippen molar-refractivity contribution in [2.45, 2.75) is 54.4 Å². The molecule has 0 nitrogen and oxygen atoms in total. The summed E-state index contributed by atoms with van der Waals surface area (Å²) in [6.45, 7) is 13.9. The summed E-state index contributed by atoms with van der Waals surface area (Å²) in [6, 6.07) is 46.1. The predicted octanol–water partition coefficient (Wildman–Crippen LogP) is 8.22. The highest BCUT2D eigenvalue weighted by molar-refractivity contribution is 7.85. The molecular weight excluding hydrogens is 542 g/mol. The molecule has 0 bridgehead atoms. The van der Waals surface area contributed by atoms with Gasteiger partial charge in [0.05, 0.1) is 0 Å². The molecule has 0 aliphatic carbocycles. The molecule has 0 amide bonds. The normalized spacial score (nSPS) is 13.0. The molecule has 2 unspecified atom stereocenters. The van der Waals surface area contributed by atoms with Gasteiger partial charge in [0.15, 0.2) is 0 Å². The van der Waals surface area contributed by atoms with Crippen LogP contribution < -0.4 is 31.8 Å². The van der Waals surface area contributed by atoms with Crippen LogP contribution in [0.2, 0.25) is 0 Å². The Kier molecular flexibility index (Phi) is 10.1. The Bertz CT molecular complexity index is 1510. The highest BCUT2D eigenvalue weighted by Crippen LogP contribution is 2.42. The molecule has 0 spiro atoms. The standard InChI is InChI=1S/C40H44P2/c1-29(2)27-33-19-9-13-23-37(33)41(35-21-11-7-17-31(35)5)39-25-15-16-26-40(39)42(36-22-12-8-18-32(36)6)38-24-14-10-20-34(38)28-30(3)4/h7-26,29-30H,27-28H2,1-6H3. The number of rotatable bonds is 10. The second-order valence-electron chi connectivity index (χ2n) is 12.2. The summed E-state index contributed by atoms with van der Waals surface area (Å²) < 4.78 is 0. The van der Waals surface area contributed by atoms with Crippen LogP contribution >= 0.6 is 15.8 Å². The van der Waals surface area contributed by atoms with Crippen molar-refractivity contribution in [1.82, 2.24) is 0 Å². The van der Waals surface area contributed by atoms with E-state index in [0.29, 0.717) is 11.8 Å². The average molecular weight is 587 g/mol. The Morgan fingerprint density at radius 3 is 1.00 bits per heavy atom. The fourth-order valence-electron chi connectivity index (χ4n) is 5.93. The van der Waals surface area contributed by atoms with E-state index in [-0.39, 0.29) is 0 Å². The molecule has 42 heavy (non-hydrogen) atoms. The molecule has 2 atom stereocenters. The van der Waals surface area contributed by atoms with E-state index in [2.05, 4.69) is 163 Å². The van der Waals surface area contributed by atoms with Crippen LogP contribution in [-0.4, -0.2) is 0 Å². The summed E-state index contributed by atoms with van der Waals surface area (Å²) in [6.07, 6.45) is 2.18. The Hall–Kier alpha value is -3.04. The molecule has 0 heterocycles. The molecule has 0 aliphatic rings. The fourth-order valence-corrected chi connectivity index (χ4v) is 11.9. The number of benzene rings is 5. The van der Waals surface area contributed by atoms with Gasteiger partial charge in [0.25, 0.3) is 0 Å². The Labute approximate surface area is 256 Å². The van der Waals surface area contributed by atoms with Crippen molar-refractivity contribution in [2.75, 3.05) is 0 Å². The molecule has 0 N–H and O–H groups in total. The summed E-state index contributed by atoms with van der Waals surface area (Å²) in [5.74, 6) is 1.20. The molecule has 5 rings (SSSR count). The Balaban J connectivity index is 1.83. The van der Waals surface area contributed by atoms with Crippen molar-refractivity contribution < 1.29 is 0 Å². The van der Waals surface area contributed by atoms with Crippen molar-refractivity contribution in [3.8, 4) is 0 Å². The molecule has 0 aliphatic heterocycles. The van der Waals surface area contributed by atoms with E-state index in [9.17, 15) is 0 Å². The lowest BCUT2D eigenvalue weighted by Gasteiger charge is -2.31. The van der Waals surface area contributed by atoms with Gasteiger partial charge >= 0.3 is 0 Å². The summed E-state index contributed by atoms with van der Waals surface area (Å²) >= 11 is 0. The van der Waals surface area contributed by atoms with Crippen molar-refractivity contribution in [2.24, 2.45) is 11.8 Å². The van der Waals surface area contributed by atoms with E-state index in [1.54, 1.807) is 0 Å². The van der Waals surface area contributed by atoms with Crippen LogP contribution in [0, 0.1) is 25.7 Å². The predicted molar refractivity (Wildman–Crippen MR) is 190 cm³/mol. The van der Waals surface area contributed by atoms with Crippen LogP contribution in [0.3, 0.4) is 0 Å². The van der Waals surface area contributed by atoms with Crippen LogP contribution in [0.25, 0.3) is 0 Å². The molecule has 5 aromatic carbocycles. The SMILES string of the molecule is Cc1ccccc1P(c1ccccc1CC(C)C)c1ccccc1P(c1ccccc1C)c1ccccc1CC(C)C. The van der Waals surface area contributed by atoms with Gasteiger partial charge in [-0.3, -0.25) is 0 Å². The first-order valence-corrected chi connectivity index (χ1v) is 18.0. The minimum absolute atomic E-state index is 0.599. The van der Waals surface area contributed by atoms with Gasteiger partial charge in [-0.1, -0.05) is 149 Å². The van der Waals surface area contributed by atoms with Crippen molar-refractivity contribution >= 4 is 47.7 Å². The van der Waals surface area contributed by atoms with E-state index in [0.717, 1.165) is 12.8 Å². The Morgan fingerprint density at radius 1 is 0.381 bits per heavy atom. The van der Waals surface area contributed by atoms with E-state index in [1.807, 2.05) is 0 Å². The summed E-state index contributed by atoms with van der Waals surface area (Å²) in [4.78, 5) is 0. The maximum atomic E-state index is 2.44. The zero-order chi connectivity index (χ0) is 29.6. The molecular formula is C40H44P2. The van der Waals surface area contributed by atoms with E-state index in [1.165, 1.54) is 54.1 Å². The number of hydrogen-bond acceptors (Lipinski definition) is 0. The third-order valence-electron chi connectivity index (χ3n) is 7.80. The van der Waals surface area contributed by atoms with E-state index < -0.39 is 15.8 Å². The monoisotopic (exact) mass is 586 g/mol. The largest absolute Gasteiger partial charge is 0.0625 e. The summed E-state index contributed by atoms with van der Waals surface area (Å²) in [5, 5.41) is 8.91. The van der Waals surface area contributed by atoms with Gasteiger partial charge in [-0.15, -0.1) is 0 Å². The molecule has 0 saturated heterocycles. The highest BCUT2D eigenvalue weighted by atomic mass is 31.1. The van der Waals surface area contributed by atoms with Crippen LogP contribution in [0.15, 0.2) is 121 Å². The minimum Gasteiger partial charge on any atom is -0.0625 e. The lowest BCUT2D eigenvalue weighted by atomic mass is 10.0. The van der Waals surface area contributed by atoms with Gasteiger partial charge in [0.2, 0.25) is 0 Å². The second kappa shape index (κ2) is 14.0. The van der Waals surface area contributed by atoms with E-state index >= 15 is 0 Å². The molecule has 0 radical (unpaired) electrons. The van der Waals surface area contributed by atoms with Crippen molar-refractivity contribution in [1.29, 1.82) is 0 Å². The first kappa shape index (κ1) is 30.4. The zero-order valence-electron chi connectivity index (χ0n) is 26.0. The first-order chi connectivity index (χ1) is 20.3. The topological polar surface area (TPSA) is 0 Å². The zero-order valence-corrected chi connectivity index (χ0v) is 27.8. The Morgan fingerprint density at radius 2 is 0.667 bits per heavy atom. The molecule has 2 heteroatoms. The lowest BCUT2D eigenvalue weighted by molar-refractivity contribution is 0.649. The minimum atomic E-state index is -0.772. The smallest absolute Gasteiger partial charge is 0.00674 e. The lowest BCUT2D eigenvalue weighted by Crippen LogP contribution is -2.37. The number of aryl methyl sites for hydroxylation is 2.